The molecule has 8 heteroatoms. The van der Waals surface area contributed by atoms with Crippen LogP contribution in [0.1, 0.15) is 20.3 Å². The van der Waals surface area contributed by atoms with Crippen LogP contribution >= 0.6 is 11.3 Å². The molecule has 0 radical (unpaired) electrons. The molecular formula is C10H20N4O2S2. The van der Waals surface area contributed by atoms with Gasteiger partial charge in [0.2, 0.25) is 0 Å². The first kappa shape index (κ1) is 15.4. The molecule has 2 N–H and O–H groups in total. The van der Waals surface area contributed by atoms with Crippen LogP contribution in [0.2, 0.25) is 0 Å². The topological polar surface area (TPSA) is 74.3 Å². The maximum absolute atomic E-state index is 11.9. The van der Waals surface area contributed by atoms with Gasteiger partial charge in [-0.05, 0) is 13.0 Å². The third-order valence-corrected chi connectivity index (χ3v) is 4.53. The molecule has 0 aromatic carbocycles. The van der Waals surface area contributed by atoms with E-state index >= 15 is 0 Å². The first-order valence-corrected chi connectivity index (χ1v) is 8.11. The molecular weight excluding hydrogens is 272 g/mol. The van der Waals surface area contributed by atoms with E-state index in [4.69, 9.17) is 0 Å². The molecule has 6 nitrogen and oxygen atoms in total. The number of hydrogen-bond acceptors (Lipinski definition) is 5. The number of rotatable bonds is 8. The van der Waals surface area contributed by atoms with Crippen molar-refractivity contribution in [1.82, 2.24) is 14.6 Å². The lowest BCUT2D eigenvalue weighted by Gasteiger charge is -2.17. The SMILES string of the molecule is CC(C)NCCCN(C)S(=O)(=O)Nc1nccs1. The fraction of sp³-hybridized carbons (Fsp3) is 0.700. The van der Waals surface area contributed by atoms with Crippen LogP contribution in [0.15, 0.2) is 11.6 Å². The lowest BCUT2D eigenvalue weighted by atomic mass is 10.3. The number of aromatic nitrogens is 1. The third-order valence-electron chi connectivity index (χ3n) is 2.26. The van der Waals surface area contributed by atoms with Gasteiger partial charge in [-0.2, -0.15) is 12.7 Å². The monoisotopic (exact) mass is 292 g/mol. The van der Waals surface area contributed by atoms with E-state index in [2.05, 4.69) is 28.9 Å². The van der Waals surface area contributed by atoms with E-state index in [0.717, 1.165) is 13.0 Å². The highest BCUT2D eigenvalue weighted by atomic mass is 32.2. The zero-order chi connectivity index (χ0) is 13.6. The van der Waals surface area contributed by atoms with E-state index in [-0.39, 0.29) is 0 Å². The Morgan fingerprint density at radius 2 is 2.22 bits per heavy atom. The van der Waals surface area contributed by atoms with E-state index in [1.165, 1.54) is 15.6 Å². The van der Waals surface area contributed by atoms with Crippen LogP contribution in [0.25, 0.3) is 0 Å². The van der Waals surface area contributed by atoms with Gasteiger partial charge < -0.3 is 5.32 Å². The summed E-state index contributed by atoms with van der Waals surface area (Å²) in [6.07, 6.45) is 2.34. The minimum Gasteiger partial charge on any atom is -0.314 e. The zero-order valence-corrected chi connectivity index (χ0v) is 12.5. The molecule has 0 saturated heterocycles. The van der Waals surface area contributed by atoms with Crippen molar-refractivity contribution in [3.63, 3.8) is 0 Å². The largest absolute Gasteiger partial charge is 0.314 e. The second-order valence-electron chi connectivity index (χ2n) is 4.23. The van der Waals surface area contributed by atoms with Gasteiger partial charge in [0.1, 0.15) is 0 Å². The Balaban J connectivity index is 2.37. The molecule has 0 aliphatic heterocycles. The lowest BCUT2D eigenvalue weighted by Crippen LogP contribution is -2.35. The van der Waals surface area contributed by atoms with E-state index in [9.17, 15) is 8.42 Å². The summed E-state index contributed by atoms with van der Waals surface area (Å²) >= 11 is 1.26. The predicted molar refractivity (Wildman–Crippen MR) is 75.0 cm³/mol. The zero-order valence-electron chi connectivity index (χ0n) is 10.9. The van der Waals surface area contributed by atoms with Crippen molar-refractivity contribution < 1.29 is 8.42 Å². The van der Waals surface area contributed by atoms with Crippen LogP contribution in [-0.2, 0) is 10.2 Å². The van der Waals surface area contributed by atoms with Crippen molar-refractivity contribution in [1.29, 1.82) is 0 Å². The Labute approximate surface area is 113 Å². The molecule has 0 aliphatic rings. The van der Waals surface area contributed by atoms with Gasteiger partial charge in [0.25, 0.3) is 0 Å². The highest BCUT2D eigenvalue weighted by Gasteiger charge is 2.17. The van der Waals surface area contributed by atoms with Crippen molar-refractivity contribution in [2.75, 3.05) is 24.9 Å². The highest BCUT2D eigenvalue weighted by molar-refractivity contribution is 7.90. The molecule has 104 valence electrons. The van der Waals surface area contributed by atoms with Gasteiger partial charge >= 0.3 is 10.2 Å². The first-order valence-electron chi connectivity index (χ1n) is 5.79. The fourth-order valence-corrected chi connectivity index (χ4v) is 2.95. The standard InChI is InChI=1S/C10H20N4O2S2/c1-9(2)11-5-4-7-14(3)18(15,16)13-10-12-6-8-17-10/h6,8-9,11H,4-5,7H2,1-3H3,(H,12,13). The molecule has 18 heavy (non-hydrogen) atoms. The van der Waals surface area contributed by atoms with Crippen LogP contribution in [0.4, 0.5) is 5.13 Å². The first-order chi connectivity index (χ1) is 8.42. The summed E-state index contributed by atoms with van der Waals surface area (Å²) in [6.45, 7) is 5.39. The molecule has 1 aromatic heterocycles. The minimum absolute atomic E-state index is 0.391. The van der Waals surface area contributed by atoms with Crippen molar-refractivity contribution >= 4 is 26.7 Å². The molecule has 1 aromatic rings. The van der Waals surface area contributed by atoms with E-state index in [1.54, 1.807) is 18.6 Å². The second kappa shape index (κ2) is 7.03. The predicted octanol–water partition coefficient (Wildman–Crippen LogP) is 1.12. The van der Waals surface area contributed by atoms with Crippen molar-refractivity contribution in [2.24, 2.45) is 0 Å². The summed E-state index contributed by atoms with van der Waals surface area (Å²) in [7, 11) is -1.92. The van der Waals surface area contributed by atoms with Gasteiger partial charge in [-0.3, -0.25) is 0 Å². The Bertz CT molecular complexity index is 431. The van der Waals surface area contributed by atoms with Crippen LogP contribution in [0.3, 0.4) is 0 Å². The summed E-state index contributed by atoms with van der Waals surface area (Å²) in [5.74, 6) is 0. The molecule has 0 amide bonds. The Kier molecular flexibility index (Phi) is 6.00. The van der Waals surface area contributed by atoms with Crippen molar-refractivity contribution in [2.45, 2.75) is 26.3 Å². The van der Waals surface area contributed by atoms with Gasteiger partial charge in [0.15, 0.2) is 5.13 Å². The van der Waals surface area contributed by atoms with E-state index in [1.807, 2.05) is 0 Å². The molecule has 0 bridgehead atoms. The van der Waals surface area contributed by atoms with Crippen LogP contribution < -0.4 is 10.0 Å². The number of hydrogen-bond donors (Lipinski definition) is 2. The summed E-state index contributed by atoms with van der Waals surface area (Å²) in [6, 6.07) is 0.417. The van der Waals surface area contributed by atoms with Crippen LogP contribution in [-0.4, -0.2) is 43.9 Å². The molecule has 0 unspecified atom stereocenters. The molecule has 0 atom stereocenters. The molecule has 0 fully saturated rings. The lowest BCUT2D eigenvalue weighted by molar-refractivity contribution is 0.451. The quantitative estimate of drug-likeness (QED) is 0.704. The fourth-order valence-electron chi connectivity index (χ4n) is 1.27. The van der Waals surface area contributed by atoms with Gasteiger partial charge in [-0.25, -0.2) is 9.71 Å². The molecule has 1 heterocycles. The van der Waals surface area contributed by atoms with E-state index in [0.29, 0.717) is 17.7 Å². The smallest absolute Gasteiger partial charge is 0.303 e. The number of nitrogens with zero attached hydrogens (tertiary/aromatic N) is 2. The second-order valence-corrected chi connectivity index (χ2v) is 6.90. The maximum Gasteiger partial charge on any atom is 0.303 e. The van der Waals surface area contributed by atoms with Crippen molar-refractivity contribution in [3.05, 3.63) is 11.6 Å². The van der Waals surface area contributed by atoms with Crippen LogP contribution in [0, 0.1) is 0 Å². The summed E-state index contributed by atoms with van der Waals surface area (Å²) in [5.41, 5.74) is 0. The van der Waals surface area contributed by atoms with Gasteiger partial charge in [-0.1, -0.05) is 13.8 Å². The summed E-state index contributed by atoms with van der Waals surface area (Å²) in [4.78, 5) is 3.89. The summed E-state index contributed by atoms with van der Waals surface area (Å²) < 4.78 is 27.5. The normalized spacial score (nSPS) is 12.3. The number of nitrogens with one attached hydrogen (secondary N) is 2. The van der Waals surface area contributed by atoms with Gasteiger partial charge in [-0.15, -0.1) is 11.3 Å². The average Bonchev–Trinajstić information content (AvgIpc) is 2.75. The van der Waals surface area contributed by atoms with E-state index < -0.39 is 10.2 Å². The highest BCUT2D eigenvalue weighted by Crippen LogP contribution is 2.13. The molecule has 1 rings (SSSR count). The summed E-state index contributed by atoms with van der Waals surface area (Å²) in [5, 5.41) is 5.36. The minimum atomic E-state index is -3.48. The number of thiazole rings is 1. The Hall–Kier alpha value is -0.700. The molecule has 0 aliphatic carbocycles. The van der Waals surface area contributed by atoms with Gasteiger partial charge in [0.05, 0.1) is 0 Å². The van der Waals surface area contributed by atoms with Crippen LogP contribution in [0.5, 0.6) is 0 Å². The third kappa shape index (κ3) is 5.30. The Morgan fingerprint density at radius 3 is 2.78 bits per heavy atom. The van der Waals surface area contributed by atoms with Gasteiger partial charge in [0, 0.05) is 31.2 Å². The molecule has 0 saturated carbocycles. The number of anilines is 1. The van der Waals surface area contributed by atoms with Crippen molar-refractivity contribution in [3.8, 4) is 0 Å². The molecule has 0 spiro atoms. The average molecular weight is 292 g/mol. The Morgan fingerprint density at radius 1 is 1.50 bits per heavy atom. The maximum atomic E-state index is 11.9.